The second-order valence-corrected chi connectivity index (χ2v) is 4.72. The van der Waals surface area contributed by atoms with Gasteiger partial charge >= 0.3 is 0 Å². The summed E-state index contributed by atoms with van der Waals surface area (Å²) < 4.78 is 18.4. The average Bonchev–Trinajstić information content (AvgIpc) is 2.45. The topological polar surface area (TPSA) is 35.9 Å². The van der Waals surface area contributed by atoms with Crippen LogP contribution in [0.3, 0.4) is 0 Å². The summed E-state index contributed by atoms with van der Waals surface area (Å²) in [4.78, 5) is 4.55. The minimum Gasteiger partial charge on any atom is -0.494 e. The van der Waals surface area contributed by atoms with Gasteiger partial charge in [-0.25, -0.2) is 4.39 Å². The van der Waals surface area contributed by atoms with Gasteiger partial charge in [0.25, 0.3) is 0 Å². The van der Waals surface area contributed by atoms with E-state index >= 15 is 0 Å². The van der Waals surface area contributed by atoms with E-state index in [-0.39, 0.29) is 12.4 Å². The monoisotopic (exact) mass is 268 g/mol. The highest BCUT2D eigenvalue weighted by molar-refractivity contribution is 5.58. The number of aliphatic hydroxyl groups is 1. The molecule has 1 fully saturated rings. The number of benzene rings is 1. The number of piperazine rings is 1. The summed E-state index contributed by atoms with van der Waals surface area (Å²) in [6, 6.07) is 4.67. The molecule has 1 aromatic carbocycles. The first-order valence-corrected chi connectivity index (χ1v) is 6.66. The van der Waals surface area contributed by atoms with Crippen molar-refractivity contribution in [2.75, 3.05) is 51.3 Å². The van der Waals surface area contributed by atoms with E-state index in [2.05, 4.69) is 9.80 Å². The lowest BCUT2D eigenvalue weighted by atomic mass is 10.2. The zero-order chi connectivity index (χ0) is 13.7. The Balaban J connectivity index is 1.97. The van der Waals surface area contributed by atoms with Gasteiger partial charge < -0.3 is 14.7 Å². The van der Waals surface area contributed by atoms with Crippen LogP contribution in [0.4, 0.5) is 10.1 Å². The second-order valence-electron chi connectivity index (χ2n) is 4.72. The Labute approximate surface area is 113 Å². The number of ether oxygens (including phenoxy) is 1. The van der Waals surface area contributed by atoms with Crippen molar-refractivity contribution in [3.63, 3.8) is 0 Å². The molecular formula is C14H21FN2O2. The van der Waals surface area contributed by atoms with Crippen LogP contribution in [-0.4, -0.2) is 56.4 Å². The number of anilines is 1. The second kappa shape index (κ2) is 6.73. The Morgan fingerprint density at radius 3 is 2.63 bits per heavy atom. The van der Waals surface area contributed by atoms with Crippen LogP contribution < -0.4 is 9.64 Å². The highest BCUT2D eigenvalue weighted by Gasteiger charge is 2.19. The number of hydrogen-bond donors (Lipinski definition) is 1. The van der Waals surface area contributed by atoms with Crippen LogP contribution in [0.15, 0.2) is 18.2 Å². The SMILES string of the molecule is COc1cc(F)ccc1N1CCN(CCCO)CC1. The predicted molar refractivity (Wildman–Crippen MR) is 73.3 cm³/mol. The van der Waals surface area contributed by atoms with Crippen LogP contribution in [0.1, 0.15) is 6.42 Å². The Morgan fingerprint density at radius 1 is 1.26 bits per heavy atom. The fourth-order valence-electron chi connectivity index (χ4n) is 2.42. The van der Waals surface area contributed by atoms with Crippen molar-refractivity contribution in [3.05, 3.63) is 24.0 Å². The van der Waals surface area contributed by atoms with E-state index in [1.807, 2.05) is 0 Å². The average molecular weight is 268 g/mol. The minimum atomic E-state index is -0.276. The number of methoxy groups -OCH3 is 1. The molecule has 1 aliphatic heterocycles. The van der Waals surface area contributed by atoms with Crippen LogP contribution in [0, 0.1) is 5.82 Å². The largest absolute Gasteiger partial charge is 0.494 e. The summed E-state index contributed by atoms with van der Waals surface area (Å²) in [5.41, 5.74) is 0.950. The summed E-state index contributed by atoms with van der Waals surface area (Å²) in [6.45, 7) is 4.89. The molecule has 0 bridgehead atoms. The lowest BCUT2D eigenvalue weighted by Gasteiger charge is -2.36. The van der Waals surface area contributed by atoms with Gasteiger partial charge in [0.15, 0.2) is 0 Å². The lowest BCUT2D eigenvalue weighted by Crippen LogP contribution is -2.46. The summed E-state index contributed by atoms with van der Waals surface area (Å²) >= 11 is 0. The van der Waals surface area contributed by atoms with Crippen LogP contribution in [0.2, 0.25) is 0 Å². The zero-order valence-electron chi connectivity index (χ0n) is 11.3. The first-order chi connectivity index (χ1) is 9.24. The van der Waals surface area contributed by atoms with Gasteiger partial charge in [-0.05, 0) is 18.6 Å². The lowest BCUT2D eigenvalue weighted by molar-refractivity contribution is 0.215. The molecule has 0 radical (unpaired) electrons. The van der Waals surface area contributed by atoms with Crippen molar-refractivity contribution >= 4 is 5.69 Å². The van der Waals surface area contributed by atoms with Crippen molar-refractivity contribution in [2.24, 2.45) is 0 Å². The Kier molecular flexibility index (Phi) is 4.99. The molecule has 19 heavy (non-hydrogen) atoms. The standard InChI is InChI=1S/C14H21FN2O2/c1-19-14-11-12(15)3-4-13(14)17-8-6-16(7-9-17)5-2-10-18/h3-4,11,18H,2,5-10H2,1H3. The number of nitrogens with zero attached hydrogens (tertiary/aromatic N) is 2. The molecule has 1 aromatic rings. The van der Waals surface area contributed by atoms with E-state index < -0.39 is 0 Å². The van der Waals surface area contributed by atoms with E-state index in [0.29, 0.717) is 5.75 Å². The van der Waals surface area contributed by atoms with Crippen LogP contribution in [0.5, 0.6) is 5.75 Å². The summed E-state index contributed by atoms with van der Waals surface area (Å²) in [5, 5.41) is 8.83. The van der Waals surface area contributed by atoms with Gasteiger partial charge in [0.1, 0.15) is 11.6 Å². The van der Waals surface area contributed by atoms with Crippen molar-refractivity contribution in [2.45, 2.75) is 6.42 Å². The quantitative estimate of drug-likeness (QED) is 0.874. The zero-order valence-corrected chi connectivity index (χ0v) is 11.3. The first kappa shape index (κ1) is 14.1. The molecule has 0 saturated carbocycles. The number of hydrogen-bond acceptors (Lipinski definition) is 4. The Bertz CT molecular complexity index is 406. The maximum absolute atomic E-state index is 13.2. The molecule has 0 atom stereocenters. The van der Waals surface area contributed by atoms with Gasteiger partial charge in [0, 0.05) is 45.4 Å². The molecule has 1 saturated heterocycles. The third kappa shape index (κ3) is 3.58. The normalized spacial score (nSPS) is 16.7. The fraction of sp³-hybridized carbons (Fsp3) is 0.571. The Morgan fingerprint density at radius 2 is 2.00 bits per heavy atom. The van der Waals surface area contributed by atoms with Gasteiger partial charge in [0.05, 0.1) is 12.8 Å². The summed E-state index contributed by atoms with van der Waals surface area (Å²) in [5.74, 6) is 0.311. The van der Waals surface area contributed by atoms with E-state index in [4.69, 9.17) is 9.84 Å². The first-order valence-electron chi connectivity index (χ1n) is 6.66. The maximum Gasteiger partial charge on any atom is 0.145 e. The van der Waals surface area contributed by atoms with Crippen molar-refractivity contribution in [1.82, 2.24) is 4.90 Å². The highest BCUT2D eigenvalue weighted by Crippen LogP contribution is 2.29. The molecule has 1 heterocycles. The highest BCUT2D eigenvalue weighted by atomic mass is 19.1. The molecular weight excluding hydrogens is 247 g/mol. The molecule has 0 unspecified atom stereocenters. The fourth-order valence-corrected chi connectivity index (χ4v) is 2.42. The van der Waals surface area contributed by atoms with Crippen molar-refractivity contribution in [3.8, 4) is 5.75 Å². The summed E-state index contributed by atoms with van der Waals surface area (Å²) in [6.07, 6.45) is 0.819. The molecule has 0 amide bonds. The van der Waals surface area contributed by atoms with Gasteiger partial charge in [0.2, 0.25) is 0 Å². The molecule has 4 nitrogen and oxygen atoms in total. The van der Waals surface area contributed by atoms with Crippen LogP contribution in [0.25, 0.3) is 0 Å². The third-order valence-electron chi connectivity index (χ3n) is 3.49. The number of halogens is 1. The van der Waals surface area contributed by atoms with Gasteiger partial charge in [-0.3, -0.25) is 4.90 Å². The van der Waals surface area contributed by atoms with Gasteiger partial charge in [-0.2, -0.15) is 0 Å². The predicted octanol–water partition coefficient (Wildman–Crippen LogP) is 1.34. The molecule has 0 aliphatic carbocycles. The van der Waals surface area contributed by atoms with Crippen LogP contribution >= 0.6 is 0 Å². The van der Waals surface area contributed by atoms with E-state index in [0.717, 1.165) is 44.8 Å². The number of rotatable bonds is 5. The van der Waals surface area contributed by atoms with Crippen LogP contribution in [-0.2, 0) is 0 Å². The molecule has 2 rings (SSSR count). The molecule has 106 valence electrons. The maximum atomic E-state index is 13.2. The van der Waals surface area contributed by atoms with E-state index in [9.17, 15) is 4.39 Å². The number of aliphatic hydroxyl groups excluding tert-OH is 1. The summed E-state index contributed by atoms with van der Waals surface area (Å²) in [7, 11) is 1.57. The van der Waals surface area contributed by atoms with Crippen molar-refractivity contribution in [1.29, 1.82) is 0 Å². The molecule has 1 N–H and O–H groups in total. The molecule has 5 heteroatoms. The van der Waals surface area contributed by atoms with Gasteiger partial charge in [-0.15, -0.1) is 0 Å². The van der Waals surface area contributed by atoms with E-state index in [1.165, 1.54) is 12.1 Å². The third-order valence-corrected chi connectivity index (χ3v) is 3.49. The smallest absolute Gasteiger partial charge is 0.145 e. The molecule has 0 spiro atoms. The van der Waals surface area contributed by atoms with Crippen molar-refractivity contribution < 1.29 is 14.2 Å². The molecule has 0 aromatic heterocycles. The molecule has 1 aliphatic rings. The Hall–Kier alpha value is -1.33. The minimum absolute atomic E-state index is 0.242. The van der Waals surface area contributed by atoms with E-state index in [1.54, 1.807) is 13.2 Å². The van der Waals surface area contributed by atoms with Gasteiger partial charge in [-0.1, -0.05) is 0 Å².